The number of likely N-dealkylation sites (tertiary alicyclic amines) is 1. The molecule has 5 rings (SSSR count). The zero-order valence-corrected chi connectivity index (χ0v) is 23.0. The highest BCUT2D eigenvalue weighted by molar-refractivity contribution is 5.84. The third kappa shape index (κ3) is 5.59. The molecular weight excluding hydrogens is 502 g/mol. The summed E-state index contributed by atoms with van der Waals surface area (Å²) in [4.78, 5) is 45.9. The molecule has 1 aliphatic heterocycles. The molecule has 1 aliphatic rings. The predicted molar refractivity (Wildman–Crippen MR) is 153 cm³/mol. The second-order valence-electron chi connectivity index (χ2n) is 10.4. The Kier molecular flexibility index (Phi) is 7.91. The minimum atomic E-state index is -0.638. The number of hydrogen-bond acceptors (Lipinski definition) is 5. The Balaban J connectivity index is 1.50. The first-order valence-corrected chi connectivity index (χ1v) is 13.5. The van der Waals surface area contributed by atoms with Crippen molar-refractivity contribution in [1.82, 2.24) is 14.5 Å². The molecule has 4 aromatic rings. The van der Waals surface area contributed by atoms with E-state index in [1.807, 2.05) is 55.6 Å². The molecule has 40 heavy (non-hydrogen) atoms. The Morgan fingerprint density at radius 2 is 1.70 bits per heavy atom. The van der Waals surface area contributed by atoms with Gasteiger partial charge in [0.25, 0.3) is 5.56 Å². The van der Waals surface area contributed by atoms with Crippen LogP contribution in [0.15, 0.2) is 96.2 Å². The first-order chi connectivity index (χ1) is 19.3. The van der Waals surface area contributed by atoms with Crippen LogP contribution in [0.25, 0.3) is 11.1 Å². The largest absolute Gasteiger partial charge is 0.461 e. The van der Waals surface area contributed by atoms with E-state index < -0.39 is 18.1 Å². The number of esters is 1. The van der Waals surface area contributed by atoms with Crippen molar-refractivity contribution in [1.29, 1.82) is 0 Å². The number of hydrogen-bond donors (Lipinski definition) is 0. The van der Waals surface area contributed by atoms with Crippen LogP contribution in [0.5, 0.6) is 0 Å². The third-order valence-corrected chi connectivity index (χ3v) is 7.62. The Hall–Kier alpha value is -4.52. The second kappa shape index (κ2) is 11.7. The van der Waals surface area contributed by atoms with Gasteiger partial charge in [-0.3, -0.25) is 19.4 Å². The summed E-state index contributed by atoms with van der Waals surface area (Å²) in [6.07, 6.45) is 5.60. The van der Waals surface area contributed by atoms with E-state index in [4.69, 9.17) is 4.74 Å². The maximum atomic E-state index is 13.9. The van der Waals surface area contributed by atoms with Gasteiger partial charge in [0, 0.05) is 36.3 Å². The van der Waals surface area contributed by atoms with E-state index in [0.29, 0.717) is 6.42 Å². The first kappa shape index (κ1) is 27.1. The quantitative estimate of drug-likeness (QED) is 0.276. The van der Waals surface area contributed by atoms with Gasteiger partial charge in [-0.05, 0) is 67.1 Å². The molecule has 0 N–H and O–H groups in total. The molecule has 0 saturated carbocycles. The fraction of sp³-hybridized carbons (Fsp3) is 0.273. The highest BCUT2D eigenvalue weighted by Gasteiger charge is 2.43. The predicted octanol–water partition coefficient (Wildman–Crippen LogP) is 5.56. The average Bonchev–Trinajstić information content (AvgIpc) is 3.24. The number of amides is 1. The van der Waals surface area contributed by atoms with E-state index in [-0.39, 0.29) is 30.5 Å². The lowest BCUT2D eigenvalue weighted by Gasteiger charge is -2.32. The number of pyridine rings is 2. The van der Waals surface area contributed by atoms with E-state index >= 15 is 0 Å². The van der Waals surface area contributed by atoms with Gasteiger partial charge in [-0.15, -0.1) is 0 Å². The number of carbonyl (C=O) groups excluding carboxylic acids is 2. The number of rotatable bonds is 8. The normalized spacial score (nSPS) is 17.6. The third-order valence-electron chi connectivity index (χ3n) is 7.62. The van der Waals surface area contributed by atoms with Gasteiger partial charge in [0.05, 0.1) is 12.5 Å². The molecule has 204 valence electrons. The number of nitrogens with zero attached hydrogens (tertiary/aromatic N) is 3. The smallest absolute Gasteiger partial charge is 0.308 e. The van der Waals surface area contributed by atoms with Crippen molar-refractivity contribution in [3.05, 3.63) is 124 Å². The van der Waals surface area contributed by atoms with Crippen molar-refractivity contribution in [3.63, 3.8) is 0 Å². The SMILES string of the molecule is Cc1cccc(C)c1-c1cncc([C@@H](CC(=O)OCc2ccccc2)N2C(=O)C(n3ccccc3=O)CC2C)c1. The molecule has 1 fully saturated rings. The summed E-state index contributed by atoms with van der Waals surface area (Å²) in [5.74, 6) is -0.606. The van der Waals surface area contributed by atoms with Gasteiger partial charge in [-0.2, -0.15) is 0 Å². The molecule has 0 radical (unpaired) electrons. The molecule has 3 atom stereocenters. The topological polar surface area (TPSA) is 81.5 Å². The molecule has 7 heteroatoms. The fourth-order valence-corrected chi connectivity index (χ4v) is 5.70. The van der Waals surface area contributed by atoms with Gasteiger partial charge in [0.2, 0.25) is 5.91 Å². The molecule has 2 aromatic carbocycles. The van der Waals surface area contributed by atoms with Gasteiger partial charge in [-0.1, -0.05) is 54.6 Å². The number of ether oxygens (including phenoxy) is 1. The summed E-state index contributed by atoms with van der Waals surface area (Å²) in [5, 5.41) is 0. The Morgan fingerprint density at radius 3 is 2.42 bits per heavy atom. The number of carbonyl (C=O) groups is 2. The fourth-order valence-electron chi connectivity index (χ4n) is 5.70. The van der Waals surface area contributed by atoms with Crippen LogP contribution < -0.4 is 5.56 Å². The summed E-state index contributed by atoms with van der Waals surface area (Å²) < 4.78 is 7.12. The van der Waals surface area contributed by atoms with Crippen LogP contribution in [0.4, 0.5) is 0 Å². The van der Waals surface area contributed by atoms with Crippen molar-refractivity contribution >= 4 is 11.9 Å². The van der Waals surface area contributed by atoms with Gasteiger partial charge in [0.1, 0.15) is 12.6 Å². The first-order valence-electron chi connectivity index (χ1n) is 13.5. The van der Waals surface area contributed by atoms with Crippen LogP contribution in [-0.4, -0.2) is 32.4 Å². The molecule has 3 heterocycles. The molecule has 0 spiro atoms. The van der Waals surface area contributed by atoms with Gasteiger partial charge < -0.3 is 14.2 Å². The van der Waals surface area contributed by atoms with Crippen LogP contribution in [0.3, 0.4) is 0 Å². The lowest BCUT2D eigenvalue weighted by Crippen LogP contribution is -2.38. The molecule has 1 amide bonds. The monoisotopic (exact) mass is 535 g/mol. The Labute approximate surface area is 234 Å². The molecule has 1 saturated heterocycles. The molecule has 0 bridgehead atoms. The standard InChI is InChI=1S/C33H33N3O4/c1-22-10-9-11-23(2)32(22)27-17-26(19-34-20-27)28(18-31(38)40-21-25-12-5-4-6-13-25)36-24(3)16-29(33(36)39)35-15-8-7-14-30(35)37/h4-15,17,19-20,24,28-29H,16,18,21H2,1-3H3/t24?,28-,29?/m1/s1. The molecule has 0 aliphatic carbocycles. The Bertz CT molecular complexity index is 1560. The van der Waals surface area contributed by atoms with E-state index in [2.05, 4.69) is 31.0 Å². The number of benzene rings is 2. The van der Waals surface area contributed by atoms with E-state index in [9.17, 15) is 14.4 Å². The zero-order valence-electron chi connectivity index (χ0n) is 23.0. The van der Waals surface area contributed by atoms with Crippen LogP contribution in [0.1, 0.15) is 54.1 Å². The highest BCUT2D eigenvalue weighted by Crippen LogP contribution is 2.38. The van der Waals surface area contributed by atoms with E-state index in [1.165, 1.54) is 10.6 Å². The van der Waals surface area contributed by atoms with Crippen molar-refractivity contribution in [3.8, 4) is 11.1 Å². The summed E-state index contributed by atoms with van der Waals surface area (Å²) in [6.45, 7) is 6.22. The van der Waals surface area contributed by atoms with Crippen LogP contribution >= 0.6 is 0 Å². The number of aryl methyl sites for hydroxylation is 2. The second-order valence-corrected chi connectivity index (χ2v) is 10.4. The van der Waals surface area contributed by atoms with Crippen molar-refractivity contribution in [2.75, 3.05) is 0 Å². The lowest BCUT2D eigenvalue weighted by molar-refractivity contribution is -0.147. The van der Waals surface area contributed by atoms with Gasteiger partial charge in [0.15, 0.2) is 0 Å². The van der Waals surface area contributed by atoms with Crippen LogP contribution in [0, 0.1) is 13.8 Å². The van der Waals surface area contributed by atoms with E-state index in [0.717, 1.165) is 33.4 Å². The van der Waals surface area contributed by atoms with Crippen LogP contribution in [-0.2, 0) is 20.9 Å². The molecular formula is C33H33N3O4. The Morgan fingerprint density at radius 1 is 0.975 bits per heavy atom. The minimum Gasteiger partial charge on any atom is -0.461 e. The zero-order chi connectivity index (χ0) is 28.2. The van der Waals surface area contributed by atoms with Crippen LogP contribution in [0.2, 0.25) is 0 Å². The molecule has 7 nitrogen and oxygen atoms in total. The molecule has 2 unspecified atom stereocenters. The number of aromatic nitrogens is 2. The summed E-state index contributed by atoms with van der Waals surface area (Å²) in [6, 6.07) is 21.1. The summed E-state index contributed by atoms with van der Waals surface area (Å²) in [7, 11) is 0. The summed E-state index contributed by atoms with van der Waals surface area (Å²) >= 11 is 0. The van der Waals surface area contributed by atoms with Crippen molar-refractivity contribution in [2.24, 2.45) is 0 Å². The maximum absolute atomic E-state index is 13.9. The van der Waals surface area contributed by atoms with Gasteiger partial charge >= 0.3 is 5.97 Å². The minimum absolute atomic E-state index is 0.0305. The van der Waals surface area contributed by atoms with Crippen molar-refractivity contribution in [2.45, 2.75) is 58.3 Å². The summed E-state index contributed by atoms with van der Waals surface area (Å²) in [5.41, 5.74) is 5.65. The maximum Gasteiger partial charge on any atom is 0.308 e. The van der Waals surface area contributed by atoms with E-state index in [1.54, 1.807) is 29.4 Å². The highest BCUT2D eigenvalue weighted by atomic mass is 16.5. The van der Waals surface area contributed by atoms with Crippen molar-refractivity contribution < 1.29 is 14.3 Å². The van der Waals surface area contributed by atoms with Gasteiger partial charge in [-0.25, -0.2) is 0 Å². The molecule has 2 aromatic heterocycles. The average molecular weight is 536 g/mol. The lowest BCUT2D eigenvalue weighted by atomic mass is 9.94.